The summed E-state index contributed by atoms with van der Waals surface area (Å²) in [6.07, 6.45) is 3.97. The fourth-order valence-electron chi connectivity index (χ4n) is 4.32. The molecule has 0 saturated carbocycles. The van der Waals surface area contributed by atoms with E-state index in [-0.39, 0.29) is 35.7 Å². The van der Waals surface area contributed by atoms with Crippen LogP contribution in [0.1, 0.15) is 51.9 Å². The third kappa shape index (κ3) is 4.89. The molecule has 9 heteroatoms. The van der Waals surface area contributed by atoms with Gasteiger partial charge < -0.3 is 0 Å². The Morgan fingerprint density at radius 2 is 1.75 bits per heavy atom. The normalized spacial score (nSPS) is 19.9. The zero-order chi connectivity index (χ0) is 22.9. The standard InChI is InChI=1S/C23H29N3O4S2/c1-15-3-6-19(7-4-15)32(29,30)26-11-9-17(10-12-26)22(27)24-25-23(28)21-14-18-13-16(2)5-8-20(18)31-21/h3-4,6-7,14,16-17H,5,8-13H2,1-2H3,(H,24,27)(H,25,28). The number of carbonyl (C=O) groups is 2. The molecule has 2 aromatic rings. The monoisotopic (exact) mass is 475 g/mol. The molecule has 1 saturated heterocycles. The number of hydrogen-bond acceptors (Lipinski definition) is 5. The molecule has 1 aromatic heterocycles. The average Bonchev–Trinajstić information content (AvgIpc) is 3.21. The van der Waals surface area contributed by atoms with Gasteiger partial charge in [-0.3, -0.25) is 20.4 Å². The number of carbonyl (C=O) groups excluding carboxylic acids is 2. The summed E-state index contributed by atoms with van der Waals surface area (Å²) in [6.45, 7) is 4.68. The van der Waals surface area contributed by atoms with Gasteiger partial charge in [0.1, 0.15) is 0 Å². The number of hydrazine groups is 1. The van der Waals surface area contributed by atoms with Gasteiger partial charge in [-0.2, -0.15) is 4.31 Å². The highest BCUT2D eigenvalue weighted by Gasteiger charge is 2.32. The Morgan fingerprint density at radius 1 is 1.06 bits per heavy atom. The summed E-state index contributed by atoms with van der Waals surface area (Å²) in [4.78, 5) is 27.2. The molecule has 1 aromatic carbocycles. The first kappa shape index (κ1) is 22.9. The first-order valence-corrected chi connectivity index (χ1v) is 13.3. The third-order valence-electron chi connectivity index (χ3n) is 6.34. The second kappa shape index (κ2) is 9.33. The third-order valence-corrected chi connectivity index (χ3v) is 9.48. The molecule has 2 aliphatic rings. The van der Waals surface area contributed by atoms with Crippen molar-refractivity contribution in [3.63, 3.8) is 0 Å². The molecule has 1 aliphatic carbocycles. The number of hydrogen-bond donors (Lipinski definition) is 2. The van der Waals surface area contributed by atoms with Crippen LogP contribution in [0.15, 0.2) is 35.2 Å². The highest BCUT2D eigenvalue weighted by Crippen LogP contribution is 2.32. The number of sulfonamides is 1. The van der Waals surface area contributed by atoms with Crippen LogP contribution in [0.4, 0.5) is 0 Å². The average molecular weight is 476 g/mol. The lowest BCUT2D eigenvalue weighted by Gasteiger charge is -2.30. The Labute approximate surface area is 193 Å². The molecule has 0 bridgehead atoms. The Balaban J connectivity index is 1.28. The van der Waals surface area contributed by atoms with Crippen LogP contribution in [0.25, 0.3) is 0 Å². The topological polar surface area (TPSA) is 95.6 Å². The van der Waals surface area contributed by atoms with Gasteiger partial charge in [0.25, 0.3) is 5.91 Å². The van der Waals surface area contributed by atoms with Crippen LogP contribution in [-0.2, 0) is 27.7 Å². The van der Waals surface area contributed by atoms with Gasteiger partial charge in [-0.25, -0.2) is 8.42 Å². The van der Waals surface area contributed by atoms with Gasteiger partial charge in [-0.15, -0.1) is 11.3 Å². The summed E-state index contributed by atoms with van der Waals surface area (Å²) in [7, 11) is -3.56. The number of thiophene rings is 1. The summed E-state index contributed by atoms with van der Waals surface area (Å²) in [5.74, 6) is -0.281. The second-order valence-corrected chi connectivity index (χ2v) is 11.9. The van der Waals surface area contributed by atoms with Crippen molar-refractivity contribution in [1.82, 2.24) is 15.2 Å². The lowest BCUT2D eigenvalue weighted by Crippen LogP contribution is -2.48. The fourth-order valence-corrected chi connectivity index (χ4v) is 6.89. The van der Waals surface area contributed by atoms with Crippen LogP contribution in [0.5, 0.6) is 0 Å². The molecule has 1 atom stereocenters. The first-order chi connectivity index (χ1) is 15.2. The van der Waals surface area contributed by atoms with Crippen LogP contribution in [0.3, 0.4) is 0 Å². The quantitative estimate of drug-likeness (QED) is 0.665. The SMILES string of the molecule is Cc1ccc(S(=O)(=O)N2CCC(C(=O)NNC(=O)c3cc4c(s3)CCC(C)C4)CC2)cc1. The number of fused-ring (bicyclic) bond motifs is 1. The van der Waals surface area contributed by atoms with E-state index in [2.05, 4.69) is 17.8 Å². The number of nitrogens with zero attached hydrogens (tertiary/aromatic N) is 1. The minimum absolute atomic E-state index is 0.270. The smallest absolute Gasteiger partial charge is 0.273 e. The zero-order valence-electron chi connectivity index (χ0n) is 18.4. The van der Waals surface area contributed by atoms with E-state index in [1.807, 2.05) is 13.0 Å². The van der Waals surface area contributed by atoms with Crippen molar-refractivity contribution in [3.05, 3.63) is 51.2 Å². The zero-order valence-corrected chi connectivity index (χ0v) is 20.0. The van der Waals surface area contributed by atoms with Gasteiger partial charge in [-0.05, 0) is 68.7 Å². The number of benzene rings is 1. The summed E-state index contributed by atoms with van der Waals surface area (Å²) >= 11 is 1.50. The van der Waals surface area contributed by atoms with Crippen molar-refractivity contribution >= 4 is 33.2 Å². The Hall–Kier alpha value is -2.23. The van der Waals surface area contributed by atoms with E-state index in [1.54, 1.807) is 24.3 Å². The van der Waals surface area contributed by atoms with Crippen LogP contribution >= 0.6 is 11.3 Å². The molecular formula is C23H29N3O4S2. The molecule has 4 rings (SSSR count). The van der Waals surface area contributed by atoms with Crippen LogP contribution in [-0.4, -0.2) is 37.6 Å². The Kier molecular flexibility index (Phi) is 6.69. The van der Waals surface area contributed by atoms with Gasteiger partial charge in [0.05, 0.1) is 9.77 Å². The molecule has 172 valence electrons. The number of nitrogens with one attached hydrogen (secondary N) is 2. The van der Waals surface area contributed by atoms with E-state index in [9.17, 15) is 18.0 Å². The summed E-state index contributed by atoms with van der Waals surface area (Å²) in [5.41, 5.74) is 7.30. The lowest BCUT2D eigenvalue weighted by molar-refractivity contribution is -0.126. The van der Waals surface area contributed by atoms with Crippen molar-refractivity contribution < 1.29 is 18.0 Å². The Morgan fingerprint density at radius 3 is 2.44 bits per heavy atom. The van der Waals surface area contributed by atoms with Gasteiger partial charge in [0.15, 0.2) is 0 Å². The maximum absolute atomic E-state index is 12.8. The van der Waals surface area contributed by atoms with Gasteiger partial charge in [-0.1, -0.05) is 24.6 Å². The van der Waals surface area contributed by atoms with Crippen LogP contribution < -0.4 is 10.9 Å². The van der Waals surface area contributed by atoms with E-state index < -0.39 is 10.0 Å². The molecule has 2 N–H and O–H groups in total. The van der Waals surface area contributed by atoms with Gasteiger partial charge >= 0.3 is 0 Å². The maximum Gasteiger partial charge on any atom is 0.279 e. The van der Waals surface area contributed by atoms with Crippen molar-refractivity contribution in [2.24, 2.45) is 11.8 Å². The molecule has 2 amide bonds. The summed E-state index contributed by atoms with van der Waals surface area (Å²) in [5, 5.41) is 0. The molecule has 7 nitrogen and oxygen atoms in total. The van der Waals surface area contributed by atoms with Crippen molar-refractivity contribution in [2.75, 3.05) is 13.1 Å². The van der Waals surface area contributed by atoms with Gasteiger partial charge in [0.2, 0.25) is 15.9 Å². The highest BCUT2D eigenvalue weighted by molar-refractivity contribution is 7.89. The Bertz CT molecular complexity index is 1100. The molecule has 1 aliphatic heterocycles. The van der Waals surface area contributed by atoms with E-state index >= 15 is 0 Å². The van der Waals surface area contributed by atoms with E-state index in [0.29, 0.717) is 23.6 Å². The summed E-state index contributed by atoms with van der Waals surface area (Å²) in [6, 6.07) is 8.72. The van der Waals surface area contributed by atoms with E-state index in [1.165, 1.54) is 26.1 Å². The van der Waals surface area contributed by atoms with E-state index in [0.717, 1.165) is 24.8 Å². The molecule has 2 heterocycles. The molecule has 1 unspecified atom stereocenters. The van der Waals surface area contributed by atoms with Crippen LogP contribution in [0.2, 0.25) is 0 Å². The number of piperidine rings is 1. The van der Waals surface area contributed by atoms with Crippen molar-refractivity contribution in [2.45, 2.75) is 50.8 Å². The molecule has 0 spiro atoms. The number of aryl methyl sites for hydroxylation is 2. The highest BCUT2D eigenvalue weighted by atomic mass is 32.2. The molecule has 0 radical (unpaired) electrons. The number of rotatable bonds is 4. The lowest BCUT2D eigenvalue weighted by atomic mass is 9.90. The van der Waals surface area contributed by atoms with Crippen molar-refractivity contribution in [3.8, 4) is 0 Å². The molecule has 1 fully saturated rings. The largest absolute Gasteiger partial charge is 0.279 e. The minimum atomic E-state index is -3.56. The van der Waals surface area contributed by atoms with Gasteiger partial charge in [0, 0.05) is 23.9 Å². The van der Waals surface area contributed by atoms with Crippen LogP contribution in [0, 0.1) is 18.8 Å². The first-order valence-electron chi connectivity index (χ1n) is 11.0. The molecular weight excluding hydrogens is 446 g/mol. The summed E-state index contributed by atoms with van der Waals surface area (Å²) < 4.78 is 27.1. The predicted octanol–water partition coefficient (Wildman–Crippen LogP) is 3.04. The number of amides is 2. The molecule has 32 heavy (non-hydrogen) atoms. The maximum atomic E-state index is 12.8. The minimum Gasteiger partial charge on any atom is -0.273 e. The fraction of sp³-hybridized carbons (Fsp3) is 0.478. The predicted molar refractivity (Wildman–Crippen MR) is 124 cm³/mol. The van der Waals surface area contributed by atoms with Crippen molar-refractivity contribution in [1.29, 1.82) is 0 Å². The second-order valence-electron chi connectivity index (χ2n) is 8.84. The van der Waals surface area contributed by atoms with E-state index in [4.69, 9.17) is 0 Å².